The van der Waals surface area contributed by atoms with Crippen LogP contribution in [0.1, 0.15) is 52.9 Å². The minimum Gasteiger partial charge on any atom is -0.341 e. The Morgan fingerprint density at radius 3 is 2.41 bits per heavy atom. The molecule has 1 heterocycles. The monoisotopic (exact) mass is 238 g/mol. The number of hydrogen-bond acceptors (Lipinski definition) is 2. The van der Waals surface area contributed by atoms with Crippen LogP contribution in [0.2, 0.25) is 0 Å². The summed E-state index contributed by atoms with van der Waals surface area (Å²) in [6.07, 6.45) is 5.82. The summed E-state index contributed by atoms with van der Waals surface area (Å²) in [6, 6.07) is 0.479. The zero-order valence-corrected chi connectivity index (χ0v) is 11.5. The number of carbonyl (C=O) groups is 1. The molecule has 1 saturated carbocycles. The van der Waals surface area contributed by atoms with Crippen molar-refractivity contribution in [1.82, 2.24) is 10.2 Å². The third-order valence-electron chi connectivity index (χ3n) is 3.82. The maximum atomic E-state index is 12.2. The minimum absolute atomic E-state index is 0.146. The number of likely N-dealkylation sites (tertiary alicyclic amines) is 1. The summed E-state index contributed by atoms with van der Waals surface area (Å²) in [5.41, 5.74) is 0.146. The van der Waals surface area contributed by atoms with Gasteiger partial charge in [-0.05, 0) is 46.5 Å². The van der Waals surface area contributed by atoms with E-state index in [0.717, 1.165) is 32.4 Å². The molecule has 0 unspecified atom stereocenters. The Labute approximate surface area is 105 Å². The molecule has 1 N–H and O–H groups in total. The first-order valence-corrected chi connectivity index (χ1v) is 7.02. The summed E-state index contributed by atoms with van der Waals surface area (Å²) in [4.78, 5) is 14.3. The quantitative estimate of drug-likeness (QED) is 0.799. The highest BCUT2D eigenvalue weighted by molar-refractivity contribution is 5.79. The predicted octanol–water partition coefficient (Wildman–Crippen LogP) is 2.17. The van der Waals surface area contributed by atoms with Gasteiger partial charge in [-0.2, -0.15) is 0 Å². The number of nitrogens with one attached hydrogen (secondary N) is 1. The van der Waals surface area contributed by atoms with Crippen LogP contribution in [0.15, 0.2) is 0 Å². The SMILES string of the molecule is CC(C)(C)N[C@H]1CCCN(C(=O)C2CCC2)C1. The van der Waals surface area contributed by atoms with Crippen molar-refractivity contribution in [1.29, 1.82) is 0 Å². The number of rotatable bonds is 2. The summed E-state index contributed by atoms with van der Waals surface area (Å²) in [7, 11) is 0. The second kappa shape index (κ2) is 4.97. The lowest BCUT2D eigenvalue weighted by molar-refractivity contribution is -0.139. The van der Waals surface area contributed by atoms with Gasteiger partial charge in [-0.25, -0.2) is 0 Å². The average molecular weight is 238 g/mol. The van der Waals surface area contributed by atoms with Gasteiger partial charge in [0.1, 0.15) is 0 Å². The number of nitrogens with zero attached hydrogens (tertiary/aromatic N) is 1. The first kappa shape index (κ1) is 12.9. The van der Waals surface area contributed by atoms with Gasteiger partial charge in [-0.1, -0.05) is 6.42 Å². The maximum Gasteiger partial charge on any atom is 0.225 e. The summed E-state index contributed by atoms with van der Waals surface area (Å²) in [5, 5.41) is 3.62. The van der Waals surface area contributed by atoms with Crippen molar-refractivity contribution < 1.29 is 4.79 Å². The zero-order chi connectivity index (χ0) is 12.5. The van der Waals surface area contributed by atoms with E-state index in [2.05, 4.69) is 31.0 Å². The van der Waals surface area contributed by atoms with E-state index in [4.69, 9.17) is 0 Å². The number of carbonyl (C=O) groups excluding carboxylic acids is 1. The average Bonchev–Trinajstić information content (AvgIpc) is 2.12. The lowest BCUT2D eigenvalue weighted by Gasteiger charge is -2.39. The van der Waals surface area contributed by atoms with Gasteiger partial charge in [0.2, 0.25) is 5.91 Å². The van der Waals surface area contributed by atoms with Gasteiger partial charge in [0, 0.05) is 30.6 Å². The number of piperidine rings is 1. The first-order chi connectivity index (χ1) is 7.96. The molecule has 1 aliphatic heterocycles. The summed E-state index contributed by atoms with van der Waals surface area (Å²) < 4.78 is 0. The van der Waals surface area contributed by atoms with E-state index in [-0.39, 0.29) is 5.54 Å². The van der Waals surface area contributed by atoms with Gasteiger partial charge in [0.15, 0.2) is 0 Å². The molecule has 0 aromatic carbocycles. The van der Waals surface area contributed by atoms with Crippen LogP contribution in [0.3, 0.4) is 0 Å². The third-order valence-corrected chi connectivity index (χ3v) is 3.82. The lowest BCUT2D eigenvalue weighted by Crippen LogP contribution is -2.54. The highest BCUT2D eigenvalue weighted by Gasteiger charge is 2.32. The largest absolute Gasteiger partial charge is 0.341 e. The van der Waals surface area contributed by atoms with Gasteiger partial charge >= 0.3 is 0 Å². The molecule has 17 heavy (non-hydrogen) atoms. The Balaban J connectivity index is 1.85. The van der Waals surface area contributed by atoms with E-state index in [0.29, 0.717) is 17.9 Å². The molecular weight excluding hydrogens is 212 g/mol. The van der Waals surface area contributed by atoms with Crippen LogP contribution in [0.4, 0.5) is 0 Å². The standard InChI is InChI=1S/C14H26N2O/c1-14(2,3)15-12-8-5-9-16(10-12)13(17)11-6-4-7-11/h11-12,15H,4-10H2,1-3H3/t12-/m0/s1. The topological polar surface area (TPSA) is 32.3 Å². The Kier molecular flexibility index (Phi) is 3.76. The van der Waals surface area contributed by atoms with Crippen LogP contribution in [0, 0.1) is 5.92 Å². The zero-order valence-electron chi connectivity index (χ0n) is 11.5. The molecule has 2 rings (SSSR count). The molecular formula is C14H26N2O. The second-order valence-electron chi connectivity index (χ2n) is 6.65. The minimum atomic E-state index is 0.146. The molecule has 0 aromatic heterocycles. The summed E-state index contributed by atoms with van der Waals surface area (Å²) in [6.45, 7) is 8.46. The fourth-order valence-electron chi connectivity index (χ4n) is 2.82. The van der Waals surface area contributed by atoms with Crippen molar-refractivity contribution in [3.8, 4) is 0 Å². The van der Waals surface area contributed by atoms with Crippen LogP contribution in [0.25, 0.3) is 0 Å². The van der Waals surface area contributed by atoms with Gasteiger partial charge in [0.05, 0.1) is 0 Å². The smallest absolute Gasteiger partial charge is 0.225 e. The molecule has 98 valence electrons. The van der Waals surface area contributed by atoms with Crippen LogP contribution >= 0.6 is 0 Å². The molecule has 0 spiro atoms. The highest BCUT2D eigenvalue weighted by Crippen LogP contribution is 2.29. The van der Waals surface area contributed by atoms with Crippen LogP contribution in [-0.4, -0.2) is 35.5 Å². The molecule has 1 amide bonds. The number of amides is 1. The molecule has 1 aliphatic carbocycles. The van der Waals surface area contributed by atoms with E-state index in [9.17, 15) is 4.79 Å². The van der Waals surface area contributed by atoms with E-state index in [1.54, 1.807) is 0 Å². The predicted molar refractivity (Wildman–Crippen MR) is 69.8 cm³/mol. The van der Waals surface area contributed by atoms with E-state index in [1.807, 2.05) is 0 Å². The Morgan fingerprint density at radius 2 is 1.88 bits per heavy atom. The number of hydrogen-bond donors (Lipinski definition) is 1. The van der Waals surface area contributed by atoms with Gasteiger partial charge in [-0.3, -0.25) is 4.79 Å². The molecule has 3 nitrogen and oxygen atoms in total. The summed E-state index contributed by atoms with van der Waals surface area (Å²) >= 11 is 0. The van der Waals surface area contributed by atoms with E-state index >= 15 is 0 Å². The van der Waals surface area contributed by atoms with Crippen LogP contribution in [-0.2, 0) is 4.79 Å². The van der Waals surface area contributed by atoms with E-state index < -0.39 is 0 Å². The first-order valence-electron chi connectivity index (χ1n) is 7.02. The van der Waals surface area contributed by atoms with Crippen molar-refractivity contribution in [3.05, 3.63) is 0 Å². The summed E-state index contributed by atoms with van der Waals surface area (Å²) in [5.74, 6) is 0.764. The molecule has 2 fully saturated rings. The highest BCUT2D eigenvalue weighted by atomic mass is 16.2. The normalized spacial score (nSPS) is 26.8. The molecule has 3 heteroatoms. The van der Waals surface area contributed by atoms with Crippen molar-refractivity contribution in [2.24, 2.45) is 5.92 Å². The van der Waals surface area contributed by atoms with Crippen molar-refractivity contribution >= 4 is 5.91 Å². The molecule has 2 aliphatic rings. The molecule has 0 bridgehead atoms. The Morgan fingerprint density at radius 1 is 1.18 bits per heavy atom. The Bertz CT molecular complexity index is 278. The lowest BCUT2D eigenvalue weighted by atomic mass is 9.84. The van der Waals surface area contributed by atoms with Gasteiger partial charge in [-0.15, -0.1) is 0 Å². The van der Waals surface area contributed by atoms with Gasteiger partial charge in [0.25, 0.3) is 0 Å². The second-order valence-corrected chi connectivity index (χ2v) is 6.65. The van der Waals surface area contributed by atoms with E-state index in [1.165, 1.54) is 12.8 Å². The fraction of sp³-hybridized carbons (Fsp3) is 0.929. The molecule has 0 radical (unpaired) electrons. The molecule has 1 atom stereocenters. The Hall–Kier alpha value is -0.570. The van der Waals surface area contributed by atoms with Crippen LogP contribution < -0.4 is 5.32 Å². The molecule has 0 aromatic rings. The van der Waals surface area contributed by atoms with Crippen molar-refractivity contribution in [3.63, 3.8) is 0 Å². The van der Waals surface area contributed by atoms with Crippen LogP contribution in [0.5, 0.6) is 0 Å². The fourth-order valence-corrected chi connectivity index (χ4v) is 2.82. The molecule has 1 saturated heterocycles. The van der Waals surface area contributed by atoms with Crippen molar-refractivity contribution in [2.75, 3.05) is 13.1 Å². The maximum absolute atomic E-state index is 12.2. The van der Waals surface area contributed by atoms with Crippen molar-refractivity contribution in [2.45, 2.75) is 64.5 Å². The van der Waals surface area contributed by atoms with Gasteiger partial charge < -0.3 is 10.2 Å². The third kappa shape index (κ3) is 3.44.